The molecule has 0 saturated heterocycles. The minimum atomic E-state index is -1.20. The number of ether oxygens (including phenoxy) is 1. The molecule has 2 aliphatic rings. The topological polar surface area (TPSA) is 105 Å². The van der Waals surface area contributed by atoms with Gasteiger partial charge < -0.3 is 20.5 Å². The Bertz CT molecular complexity index is 1000. The Morgan fingerprint density at radius 1 is 0.941 bits per heavy atom. The molecule has 0 radical (unpaired) electrons. The number of benzene rings is 2. The molecule has 1 unspecified atom stereocenters. The number of carbonyl (C=O) groups is 3. The first kappa shape index (κ1) is 23.8. The molecule has 0 heterocycles. The summed E-state index contributed by atoms with van der Waals surface area (Å²) < 4.78 is 5.50. The van der Waals surface area contributed by atoms with E-state index >= 15 is 0 Å². The molecule has 0 bridgehead atoms. The number of carboxylic acids is 1. The second-order valence-corrected chi connectivity index (χ2v) is 9.32. The minimum Gasteiger partial charge on any atom is -0.481 e. The molecule has 0 aromatic heterocycles. The summed E-state index contributed by atoms with van der Waals surface area (Å²) in [5, 5.41) is 14.7. The van der Waals surface area contributed by atoms with Crippen LogP contribution in [0, 0.1) is 5.92 Å². The number of amides is 2. The average Bonchev–Trinajstić information content (AvgIpc) is 3.16. The third-order valence-electron chi connectivity index (χ3n) is 7.06. The second-order valence-electron chi connectivity index (χ2n) is 9.32. The van der Waals surface area contributed by atoms with Crippen molar-refractivity contribution in [2.75, 3.05) is 6.61 Å². The molecule has 1 saturated carbocycles. The highest BCUT2D eigenvalue weighted by atomic mass is 16.5. The summed E-state index contributed by atoms with van der Waals surface area (Å²) in [7, 11) is 0. The lowest BCUT2D eigenvalue weighted by atomic mass is 9.84. The molecule has 7 nitrogen and oxygen atoms in total. The summed E-state index contributed by atoms with van der Waals surface area (Å²) in [6.45, 7) is 2.04. The van der Waals surface area contributed by atoms with E-state index in [1.165, 1.54) is 6.42 Å². The van der Waals surface area contributed by atoms with E-state index in [1.54, 1.807) is 0 Å². The van der Waals surface area contributed by atoms with Crippen LogP contribution in [0.4, 0.5) is 4.79 Å². The molecule has 2 atom stereocenters. The van der Waals surface area contributed by atoms with E-state index in [0.717, 1.165) is 47.9 Å². The molecular weight excluding hydrogens is 432 g/mol. The maximum Gasteiger partial charge on any atom is 0.407 e. The molecule has 2 aromatic carbocycles. The van der Waals surface area contributed by atoms with E-state index in [-0.39, 0.29) is 18.6 Å². The van der Waals surface area contributed by atoms with Gasteiger partial charge in [0.25, 0.3) is 0 Å². The Kier molecular flexibility index (Phi) is 7.50. The number of carbonyl (C=O) groups excluding carboxylic acids is 2. The zero-order chi connectivity index (χ0) is 24.1. The molecule has 34 heavy (non-hydrogen) atoms. The van der Waals surface area contributed by atoms with Gasteiger partial charge in [-0.3, -0.25) is 9.59 Å². The van der Waals surface area contributed by atoms with Crippen LogP contribution in [0.15, 0.2) is 48.5 Å². The van der Waals surface area contributed by atoms with Crippen LogP contribution in [0.25, 0.3) is 11.1 Å². The quantitative estimate of drug-likeness (QED) is 0.535. The van der Waals surface area contributed by atoms with Gasteiger partial charge in [0.2, 0.25) is 5.91 Å². The summed E-state index contributed by atoms with van der Waals surface area (Å²) in [6.07, 6.45) is 4.28. The monoisotopic (exact) mass is 464 g/mol. The van der Waals surface area contributed by atoms with Crippen molar-refractivity contribution in [3.8, 4) is 11.1 Å². The normalized spacial score (nSPS) is 17.2. The van der Waals surface area contributed by atoms with Gasteiger partial charge in [-0.2, -0.15) is 0 Å². The number of aliphatic carboxylic acids is 1. The van der Waals surface area contributed by atoms with Crippen molar-refractivity contribution in [1.82, 2.24) is 10.6 Å². The van der Waals surface area contributed by atoms with E-state index in [1.807, 2.05) is 43.3 Å². The second kappa shape index (κ2) is 10.7. The van der Waals surface area contributed by atoms with E-state index in [4.69, 9.17) is 4.74 Å². The van der Waals surface area contributed by atoms with Crippen LogP contribution in [-0.2, 0) is 14.3 Å². The van der Waals surface area contributed by atoms with Crippen molar-refractivity contribution in [1.29, 1.82) is 0 Å². The van der Waals surface area contributed by atoms with Crippen LogP contribution in [-0.4, -0.2) is 41.8 Å². The predicted octanol–water partition coefficient (Wildman–Crippen LogP) is 4.45. The predicted molar refractivity (Wildman–Crippen MR) is 128 cm³/mol. The highest BCUT2D eigenvalue weighted by Gasteiger charge is 2.31. The molecule has 0 spiro atoms. The Balaban J connectivity index is 1.38. The molecule has 4 rings (SSSR count). The third-order valence-corrected chi connectivity index (χ3v) is 7.06. The highest BCUT2D eigenvalue weighted by Crippen LogP contribution is 2.44. The molecule has 1 fully saturated rings. The molecule has 180 valence electrons. The van der Waals surface area contributed by atoms with Gasteiger partial charge in [0, 0.05) is 12.0 Å². The highest BCUT2D eigenvalue weighted by molar-refractivity contribution is 5.89. The number of hydrogen-bond donors (Lipinski definition) is 3. The fourth-order valence-electron chi connectivity index (χ4n) is 5.24. The average molecular weight is 465 g/mol. The molecule has 2 aliphatic carbocycles. The Morgan fingerprint density at radius 3 is 2.12 bits per heavy atom. The summed E-state index contributed by atoms with van der Waals surface area (Å²) in [4.78, 5) is 36.8. The van der Waals surface area contributed by atoms with E-state index < -0.39 is 30.4 Å². The zero-order valence-corrected chi connectivity index (χ0v) is 19.5. The van der Waals surface area contributed by atoms with Gasteiger partial charge in [0.1, 0.15) is 12.6 Å². The SMILES string of the molecule is C[C@H](NC(=O)C(CC(=O)O)NC(=O)OCC1c2ccccc2-c2ccccc21)C1CCCCC1. The van der Waals surface area contributed by atoms with Crippen LogP contribution >= 0.6 is 0 Å². The lowest BCUT2D eigenvalue weighted by Gasteiger charge is -2.29. The summed E-state index contributed by atoms with van der Waals surface area (Å²) >= 11 is 0. The third kappa shape index (κ3) is 5.41. The molecular formula is C27H32N2O5. The Hall–Kier alpha value is -3.35. The first-order chi connectivity index (χ1) is 16.4. The van der Waals surface area contributed by atoms with Crippen LogP contribution in [0.3, 0.4) is 0 Å². The van der Waals surface area contributed by atoms with Crippen molar-refractivity contribution in [3.05, 3.63) is 59.7 Å². The minimum absolute atomic E-state index is 0.0755. The number of carboxylic acid groups (broad SMARTS) is 1. The van der Waals surface area contributed by atoms with Gasteiger partial charge >= 0.3 is 12.1 Å². The largest absolute Gasteiger partial charge is 0.481 e. The number of hydrogen-bond acceptors (Lipinski definition) is 4. The van der Waals surface area contributed by atoms with Crippen molar-refractivity contribution in [3.63, 3.8) is 0 Å². The number of nitrogens with one attached hydrogen (secondary N) is 2. The van der Waals surface area contributed by atoms with Gasteiger partial charge in [0.05, 0.1) is 6.42 Å². The van der Waals surface area contributed by atoms with Crippen LogP contribution < -0.4 is 10.6 Å². The fraction of sp³-hybridized carbons (Fsp3) is 0.444. The molecule has 0 aliphatic heterocycles. The number of fused-ring (bicyclic) bond motifs is 3. The summed E-state index contributed by atoms with van der Waals surface area (Å²) in [6, 6.07) is 14.8. The van der Waals surface area contributed by atoms with Crippen LogP contribution in [0.1, 0.15) is 62.5 Å². The van der Waals surface area contributed by atoms with Crippen molar-refractivity contribution in [2.24, 2.45) is 5.92 Å². The number of alkyl carbamates (subject to hydrolysis) is 1. The Morgan fingerprint density at radius 2 is 1.53 bits per heavy atom. The lowest BCUT2D eigenvalue weighted by Crippen LogP contribution is -2.51. The number of rotatable bonds is 8. The van der Waals surface area contributed by atoms with E-state index in [2.05, 4.69) is 22.8 Å². The van der Waals surface area contributed by atoms with Gasteiger partial charge in [-0.15, -0.1) is 0 Å². The summed E-state index contributed by atoms with van der Waals surface area (Å²) in [5.74, 6) is -1.40. The van der Waals surface area contributed by atoms with Crippen LogP contribution in [0.5, 0.6) is 0 Å². The van der Waals surface area contributed by atoms with Gasteiger partial charge in [0.15, 0.2) is 0 Å². The first-order valence-corrected chi connectivity index (χ1v) is 12.1. The standard InChI is InChI=1S/C27H32N2O5/c1-17(18-9-3-2-4-10-18)28-26(32)24(15-25(30)31)29-27(33)34-16-23-21-13-7-5-11-19(21)20-12-6-8-14-22(20)23/h5-8,11-14,17-18,23-24H,2-4,9-10,15-16H2,1H3,(H,28,32)(H,29,33)(H,30,31)/t17-,24?/m0/s1. The first-order valence-electron chi connectivity index (χ1n) is 12.1. The fourth-order valence-corrected chi connectivity index (χ4v) is 5.24. The molecule has 7 heteroatoms. The zero-order valence-electron chi connectivity index (χ0n) is 19.5. The lowest BCUT2D eigenvalue weighted by molar-refractivity contribution is -0.140. The van der Waals surface area contributed by atoms with Crippen molar-refractivity contribution >= 4 is 18.0 Å². The van der Waals surface area contributed by atoms with Crippen molar-refractivity contribution < 1.29 is 24.2 Å². The van der Waals surface area contributed by atoms with E-state index in [0.29, 0.717) is 5.92 Å². The van der Waals surface area contributed by atoms with E-state index in [9.17, 15) is 19.5 Å². The van der Waals surface area contributed by atoms with Crippen LogP contribution in [0.2, 0.25) is 0 Å². The summed E-state index contributed by atoms with van der Waals surface area (Å²) in [5.41, 5.74) is 4.40. The molecule has 2 aromatic rings. The Labute approximate surface area is 199 Å². The molecule has 2 amide bonds. The maximum atomic E-state index is 12.8. The smallest absolute Gasteiger partial charge is 0.407 e. The van der Waals surface area contributed by atoms with Gasteiger partial charge in [-0.05, 0) is 47.9 Å². The van der Waals surface area contributed by atoms with Gasteiger partial charge in [-0.1, -0.05) is 67.8 Å². The molecule has 3 N–H and O–H groups in total. The maximum absolute atomic E-state index is 12.8. The van der Waals surface area contributed by atoms with Crippen molar-refractivity contribution in [2.45, 2.75) is 63.5 Å². The van der Waals surface area contributed by atoms with Gasteiger partial charge in [-0.25, -0.2) is 4.79 Å².